The fourth-order valence-electron chi connectivity index (χ4n) is 3.45. The number of amides is 1. The molecule has 1 aromatic carbocycles. The zero-order valence-corrected chi connectivity index (χ0v) is 17.7. The fourth-order valence-corrected chi connectivity index (χ4v) is 3.68. The number of rotatable bonds is 3. The van der Waals surface area contributed by atoms with E-state index in [2.05, 4.69) is 10.3 Å². The van der Waals surface area contributed by atoms with Gasteiger partial charge in [0.25, 0.3) is 11.5 Å². The Kier molecular flexibility index (Phi) is 5.86. The second-order valence-corrected chi connectivity index (χ2v) is 8.11. The Bertz CT molecular complexity index is 1050. The van der Waals surface area contributed by atoms with Crippen LogP contribution in [0.3, 0.4) is 0 Å². The molecule has 1 aliphatic rings. The van der Waals surface area contributed by atoms with Crippen LogP contribution < -0.4 is 10.9 Å². The summed E-state index contributed by atoms with van der Waals surface area (Å²) in [4.78, 5) is 31.7. The molecule has 1 amide bonds. The summed E-state index contributed by atoms with van der Waals surface area (Å²) in [6.45, 7) is 5.59. The Hall–Kier alpha value is -2.55. The van der Waals surface area contributed by atoms with Gasteiger partial charge in [-0.25, -0.2) is 4.98 Å². The Balaban J connectivity index is 1.98. The Morgan fingerprint density at radius 2 is 2.00 bits per heavy atom. The first-order chi connectivity index (χ1) is 13.9. The monoisotopic (exact) mass is 442 g/mol. The third-order valence-corrected chi connectivity index (χ3v) is 5.35. The average Bonchev–Trinajstić information content (AvgIpc) is 2.65. The molecule has 10 heteroatoms. The molecule has 0 unspecified atom stereocenters. The molecule has 2 aromatic rings. The van der Waals surface area contributed by atoms with E-state index in [0.29, 0.717) is 17.2 Å². The van der Waals surface area contributed by atoms with E-state index in [1.165, 1.54) is 15.5 Å². The zero-order valence-electron chi connectivity index (χ0n) is 17.0. The maximum absolute atomic E-state index is 13.2. The van der Waals surface area contributed by atoms with Crippen LogP contribution in [0.4, 0.5) is 19.1 Å². The van der Waals surface area contributed by atoms with Crippen LogP contribution in [0.2, 0.25) is 5.02 Å². The van der Waals surface area contributed by atoms with Gasteiger partial charge in [-0.2, -0.15) is 13.2 Å². The molecule has 1 atom stereocenters. The third-order valence-electron chi connectivity index (χ3n) is 5.02. The summed E-state index contributed by atoms with van der Waals surface area (Å²) in [5.41, 5.74) is -0.428. The lowest BCUT2D eigenvalue weighted by molar-refractivity contribution is -0.137. The van der Waals surface area contributed by atoms with E-state index < -0.39 is 22.7 Å². The minimum Gasteiger partial charge on any atom is -0.353 e. The number of halogens is 4. The lowest BCUT2D eigenvalue weighted by Gasteiger charge is -2.34. The number of anilines is 1. The predicted molar refractivity (Wildman–Crippen MR) is 108 cm³/mol. The van der Waals surface area contributed by atoms with Crippen molar-refractivity contribution in [3.63, 3.8) is 0 Å². The minimum atomic E-state index is -4.67. The number of benzene rings is 1. The summed E-state index contributed by atoms with van der Waals surface area (Å²) in [7, 11) is 1.62. The molecule has 1 N–H and O–H groups in total. The van der Waals surface area contributed by atoms with Gasteiger partial charge in [0.2, 0.25) is 5.95 Å². The molecule has 0 saturated heterocycles. The maximum atomic E-state index is 13.2. The van der Waals surface area contributed by atoms with E-state index in [-0.39, 0.29) is 36.2 Å². The van der Waals surface area contributed by atoms with Gasteiger partial charge in [0.05, 0.1) is 22.8 Å². The quantitative estimate of drug-likeness (QED) is 0.783. The molecule has 0 saturated carbocycles. The van der Waals surface area contributed by atoms with Crippen molar-refractivity contribution in [2.45, 2.75) is 52.0 Å². The van der Waals surface area contributed by atoms with Gasteiger partial charge in [-0.05, 0) is 45.4 Å². The number of alkyl halides is 3. The van der Waals surface area contributed by atoms with Crippen LogP contribution in [0.25, 0.3) is 0 Å². The van der Waals surface area contributed by atoms with Gasteiger partial charge in [-0.15, -0.1) is 0 Å². The van der Waals surface area contributed by atoms with Crippen LogP contribution in [0.5, 0.6) is 0 Å². The summed E-state index contributed by atoms with van der Waals surface area (Å²) in [5, 5.41) is 2.62. The number of fused-ring (bicyclic) bond motifs is 1. The van der Waals surface area contributed by atoms with E-state index in [9.17, 15) is 22.8 Å². The molecule has 0 bridgehead atoms. The van der Waals surface area contributed by atoms with Crippen LogP contribution in [0, 0.1) is 0 Å². The third kappa shape index (κ3) is 4.16. The van der Waals surface area contributed by atoms with Gasteiger partial charge < -0.3 is 10.2 Å². The molecule has 1 aliphatic heterocycles. The van der Waals surface area contributed by atoms with Gasteiger partial charge in [-0.3, -0.25) is 14.2 Å². The fraction of sp³-hybridized carbons (Fsp3) is 0.450. The summed E-state index contributed by atoms with van der Waals surface area (Å²) < 4.78 is 41.0. The van der Waals surface area contributed by atoms with Gasteiger partial charge in [0.1, 0.15) is 0 Å². The van der Waals surface area contributed by atoms with E-state index in [4.69, 9.17) is 11.6 Å². The van der Waals surface area contributed by atoms with Crippen molar-refractivity contribution >= 4 is 23.5 Å². The second-order valence-electron chi connectivity index (χ2n) is 7.70. The maximum Gasteiger partial charge on any atom is 0.417 e. The molecular formula is C20H22ClF3N4O2. The lowest BCUT2D eigenvalue weighted by Crippen LogP contribution is -2.46. The van der Waals surface area contributed by atoms with Crippen LogP contribution in [-0.4, -0.2) is 32.4 Å². The standard InChI is InChI=1S/C20H22ClF3N4O2/c1-10(2)25-19-26-16-9-28(11(3)7-13(16)18(30)27(19)4)17(29)12-5-6-15(21)14(8-12)20(22,23)24/h5-6,8,10-11H,7,9H2,1-4H3,(H,25,26)/t11-/m1/s1. The predicted octanol–water partition coefficient (Wildman–Crippen LogP) is 3.86. The van der Waals surface area contributed by atoms with E-state index in [1.54, 1.807) is 14.0 Å². The summed E-state index contributed by atoms with van der Waals surface area (Å²) in [6, 6.07) is 2.75. The topological polar surface area (TPSA) is 67.2 Å². The Morgan fingerprint density at radius 3 is 2.60 bits per heavy atom. The Morgan fingerprint density at radius 1 is 1.33 bits per heavy atom. The van der Waals surface area contributed by atoms with Gasteiger partial charge >= 0.3 is 6.18 Å². The van der Waals surface area contributed by atoms with Crippen molar-refractivity contribution in [3.05, 3.63) is 56.0 Å². The van der Waals surface area contributed by atoms with Crippen molar-refractivity contribution in [2.24, 2.45) is 7.05 Å². The van der Waals surface area contributed by atoms with Crippen molar-refractivity contribution in [2.75, 3.05) is 5.32 Å². The first-order valence-electron chi connectivity index (χ1n) is 9.43. The highest BCUT2D eigenvalue weighted by Gasteiger charge is 2.36. The normalized spacial score (nSPS) is 16.6. The molecule has 0 radical (unpaired) electrons. The molecule has 6 nitrogen and oxygen atoms in total. The smallest absolute Gasteiger partial charge is 0.353 e. The zero-order chi connectivity index (χ0) is 22.4. The van der Waals surface area contributed by atoms with E-state index in [0.717, 1.165) is 12.1 Å². The van der Waals surface area contributed by atoms with Crippen molar-refractivity contribution in [3.8, 4) is 0 Å². The number of hydrogen-bond donors (Lipinski definition) is 1. The molecule has 0 aliphatic carbocycles. The minimum absolute atomic E-state index is 0.0299. The van der Waals surface area contributed by atoms with Crippen LogP contribution >= 0.6 is 11.6 Å². The number of aromatic nitrogens is 2. The summed E-state index contributed by atoms with van der Waals surface area (Å²) in [6.07, 6.45) is -4.40. The van der Waals surface area contributed by atoms with Crippen molar-refractivity contribution < 1.29 is 18.0 Å². The van der Waals surface area contributed by atoms with Gasteiger partial charge in [0.15, 0.2) is 0 Å². The van der Waals surface area contributed by atoms with Gasteiger partial charge in [0, 0.05) is 30.3 Å². The molecule has 3 rings (SSSR count). The molecule has 30 heavy (non-hydrogen) atoms. The highest BCUT2D eigenvalue weighted by molar-refractivity contribution is 6.31. The van der Waals surface area contributed by atoms with E-state index in [1.807, 2.05) is 13.8 Å². The second kappa shape index (κ2) is 7.94. The average molecular weight is 443 g/mol. The van der Waals surface area contributed by atoms with Crippen LogP contribution in [0.15, 0.2) is 23.0 Å². The molecule has 0 spiro atoms. The number of nitrogens with one attached hydrogen (secondary N) is 1. The highest BCUT2D eigenvalue weighted by Crippen LogP contribution is 2.35. The molecule has 162 valence electrons. The first-order valence-corrected chi connectivity index (χ1v) is 9.81. The lowest BCUT2D eigenvalue weighted by atomic mass is 9.98. The van der Waals surface area contributed by atoms with Crippen molar-refractivity contribution in [1.29, 1.82) is 0 Å². The largest absolute Gasteiger partial charge is 0.417 e. The number of carbonyl (C=O) groups excluding carboxylic acids is 1. The number of nitrogens with zero attached hydrogens (tertiary/aromatic N) is 3. The Labute approximate surface area is 176 Å². The van der Waals surface area contributed by atoms with Crippen LogP contribution in [0.1, 0.15) is 48.0 Å². The number of hydrogen-bond acceptors (Lipinski definition) is 4. The molecule has 1 aromatic heterocycles. The SMILES string of the molecule is CC(C)Nc1nc2c(c(=O)n1C)C[C@@H](C)N(C(=O)c1ccc(Cl)c(C(F)(F)F)c1)C2. The molecule has 0 fully saturated rings. The van der Waals surface area contributed by atoms with E-state index >= 15 is 0 Å². The number of carbonyl (C=O) groups is 1. The molecule has 2 heterocycles. The van der Waals surface area contributed by atoms with Gasteiger partial charge in [-0.1, -0.05) is 11.6 Å². The first kappa shape index (κ1) is 22.1. The summed E-state index contributed by atoms with van der Waals surface area (Å²) in [5.74, 6) is -0.197. The summed E-state index contributed by atoms with van der Waals surface area (Å²) >= 11 is 5.66. The van der Waals surface area contributed by atoms with Crippen LogP contribution in [-0.2, 0) is 26.2 Å². The highest BCUT2D eigenvalue weighted by atomic mass is 35.5. The van der Waals surface area contributed by atoms with Crippen molar-refractivity contribution in [1.82, 2.24) is 14.5 Å². The molecular weight excluding hydrogens is 421 g/mol.